The summed E-state index contributed by atoms with van der Waals surface area (Å²) in [5.74, 6) is -0.709. The number of nitrogens with zero attached hydrogens (tertiary/aromatic N) is 1. The minimum atomic E-state index is -0.865. The maximum Gasteiger partial charge on any atom is 0.239 e. The molecule has 0 saturated heterocycles. The van der Waals surface area contributed by atoms with Gasteiger partial charge in [0, 0.05) is 24.8 Å². The van der Waals surface area contributed by atoms with E-state index < -0.39 is 11.4 Å². The van der Waals surface area contributed by atoms with Gasteiger partial charge in [-0.3, -0.25) is 10.1 Å². The van der Waals surface area contributed by atoms with E-state index in [1.165, 1.54) is 12.1 Å². The first-order valence-electron chi connectivity index (χ1n) is 6.86. The summed E-state index contributed by atoms with van der Waals surface area (Å²) in [5, 5.41) is 3.19. The molecule has 0 heterocycles. The van der Waals surface area contributed by atoms with Crippen LogP contribution in [0.4, 0.5) is 10.1 Å². The van der Waals surface area contributed by atoms with Crippen molar-refractivity contribution in [2.45, 2.75) is 39.3 Å². The average molecular weight is 281 g/mol. The molecule has 112 valence electrons. The van der Waals surface area contributed by atoms with Gasteiger partial charge in [0.25, 0.3) is 0 Å². The summed E-state index contributed by atoms with van der Waals surface area (Å²) in [6.45, 7) is 8.70. The van der Waals surface area contributed by atoms with Crippen LogP contribution in [0.25, 0.3) is 0 Å². The molecule has 5 heteroatoms. The van der Waals surface area contributed by atoms with Gasteiger partial charge in [-0.15, -0.1) is 0 Å². The summed E-state index contributed by atoms with van der Waals surface area (Å²) in [5.41, 5.74) is 5.40. The van der Waals surface area contributed by atoms with Crippen LogP contribution in [-0.2, 0) is 4.79 Å². The van der Waals surface area contributed by atoms with Crippen LogP contribution in [0.3, 0.4) is 0 Å². The van der Waals surface area contributed by atoms with Crippen molar-refractivity contribution in [1.82, 2.24) is 5.32 Å². The Morgan fingerprint density at radius 3 is 2.60 bits per heavy atom. The van der Waals surface area contributed by atoms with Crippen molar-refractivity contribution in [2.75, 3.05) is 18.0 Å². The number of benzene rings is 1. The van der Waals surface area contributed by atoms with E-state index in [0.717, 1.165) is 5.69 Å². The number of anilines is 1. The Kier molecular flexibility index (Phi) is 5.51. The molecule has 0 aliphatic heterocycles. The summed E-state index contributed by atoms with van der Waals surface area (Å²) >= 11 is 0. The molecule has 3 N–H and O–H groups in total. The zero-order valence-corrected chi connectivity index (χ0v) is 12.6. The zero-order valence-electron chi connectivity index (χ0n) is 12.6. The zero-order chi connectivity index (χ0) is 15.3. The Hall–Kier alpha value is -1.62. The van der Waals surface area contributed by atoms with Gasteiger partial charge in [-0.1, -0.05) is 6.07 Å². The first-order valence-corrected chi connectivity index (χ1v) is 6.86. The third-order valence-corrected chi connectivity index (χ3v) is 3.21. The summed E-state index contributed by atoms with van der Waals surface area (Å²) in [6, 6.07) is 6.46. The van der Waals surface area contributed by atoms with Gasteiger partial charge in [0.05, 0.1) is 0 Å². The monoisotopic (exact) mass is 281 g/mol. The van der Waals surface area contributed by atoms with Gasteiger partial charge in [0.2, 0.25) is 5.91 Å². The smallest absolute Gasteiger partial charge is 0.239 e. The van der Waals surface area contributed by atoms with E-state index in [0.29, 0.717) is 13.1 Å². The van der Waals surface area contributed by atoms with Gasteiger partial charge in [0.15, 0.2) is 0 Å². The van der Waals surface area contributed by atoms with Crippen molar-refractivity contribution >= 4 is 11.6 Å². The van der Waals surface area contributed by atoms with Crippen LogP contribution in [0.15, 0.2) is 24.3 Å². The molecule has 4 nitrogen and oxygen atoms in total. The summed E-state index contributed by atoms with van der Waals surface area (Å²) < 4.78 is 13.3. The van der Waals surface area contributed by atoms with E-state index >= 15 is 0 Å². The fourth-order valence-corrected chi connectivity index (χ4v) is 2.27. The number of likely N-dealkylation sites (N-methyl/N-ethyl adjacent to an activating group) is 1. The minimum absolute atomic E-state index is 0.124. The second-order valence-corrected chi connectivity index (χ2v) is 5.49. The molecule has 0 fully saturated rings. The molecule has 0 aromatic heterocycles. The molecule has 0 bridgehead atoms. The van der Waals surface area contributed by atoms with Gasteiger partial charge >= 0.3 is 0 Å². The number of primary amides is 1. The second-order valence-electron chi connectivity index (χ2n) is 5.49. The Morgan fingerprint density at radius 1 is 1.50 bits per heavy atom. The van der Waals surface area contributed by atoms with Crippen molar-refractivity contribution in [2.24, 2.45) is 5.73 Å². The van der Waals surface area contributed by atoms with E-state index in [4.69, 9.17) is 5.73 Å². The number of carbonyl (C=O) groups excluding carboxylic acids is 1. The van der Waals surface area contributed by atoms with E-state index in [1.54, 1.807) is 13.0 Å². The Balaban J connectivity index is 2.97. The van der Waals surface area contributed by atoms with Gasteiger partial charge in [0.1, 0.15) is 11.4 Å². The normalized spacial score (nSPS) is 14.1. The lowest BCUT2D eigenvalue weighted by Crippen LogP contribution is -2.61. The predicted octanol–water partition coefficient (Wildman–Crippen LogP) is 1.89. The van der Waals surface area contributed by atoms with Gasteiger partial charge in [-0.05, 0) is 45.9 Å². The highest BCUT2D eigenvalue weighted by Gasteiger charge is 2.33. The summed E-state index contributed by atoms with van der Waals surface area (Å²) in [6.07, 6.45) is 0. The third kappa shape index (κ3) is 4.20. The standard InChI is InChI=1S/C15H24FN3O/c1-5-19(13-8-6-7-12(16)9-13)10-15(4,14(17)20)18-11(2)3/h6-9,11,18H,5,10H2,1-4H3,(H2,17,20). The molecule has 1 unspecified atom stereocenters. The van der Waals surface area contributed by atoms with Crippen molar-refractivity contribution < 1.29 is 9.18 Å². The Bertz CT molecular complexity index is 464. The number of hydrogen-bond donors (Lipinski definition) is 2. The molecule has 20 heavy (non-hydrogen) atoms. The van der Waals surface area contributed by atoms with E-state index in [2.05, 4.69) is 5.32 Å². The van der Waals surface area contributed by atoms with Gasteiger partial charge in [-0.2, -0.15) is 0 Å². The molecule has 1 aromatic carbocycles. The molecule has 0 spiro atoms. The highest BCUT2D eigenvalue weighted by atomic mass is 19.1. The first-order chi connectivity index (χ1) is 9.28. The van der Waals surface area contributed by atoms with Crippen molar-refractivity contribution in [3.05, 3.63) is 30.1 Å². The quantitative estimate of drug-likeness (QED) is 0.802. The van der Waals surface area contributed by atoms with E-state index in [1.807, 2.05) is 31.7 Å². The highest BCUT2D eigenvalue weighted by Crippen LogP contribution is 2.18. The largest absolute Gasteiger partial charge is 0.369 e. The van der Waals surface area contributed by atoms with Crippen molar-refractivity contribution in [1.29, 1.82) is 0 Å². The lowest BCUT2D eigenvalue weighted by molar-refractivity contribution is -0.123. The van der Waals surface area contributed by atoms with Crippen LogP contribution in [0.1, 0.15) is 27.7 Å². The lowest BCUT2D eigenvalue weighted by Gasteiger charge is -2.36. The van der Waals surface area contributed by atoms with Crippen LogP contribution in [0, 0.1) is 5.82 Å². The molecule has 1 amide bonds. The number of carbonyl (C=O) groups is 1. The highest BCUT2D eigenvalue weighted by molar-refractivity contribution is 5.85. The van der Waals surface area contributed by atoms with E-state index in [-0.39, 0.29) is 11.9 Å². The molecule has 1 aromatic rings. The van der Waals surface area contributed by atoms with Crippen LogP contribution in [0.5, 0.6) is 0 Å². The number of hydrogen-bond acceptors (Lipinski definition) is 3. The van der Waals surface area contributed by atoms with Crippen LogP contribution in [0.2, 0.25) is 0 Å². The number of nitrogens with two attached hydrogens (primary N) is 1. The SMILES string of the molecule is CCN(CC(C)(NC(C)C)C(N)=O)c1cccc(F)c1. The first kappa shape index (κ1) is 16.4. The number of nitrogens with one attached hydrogen (secondary N) is 1. The Morgan fingerprint density at radius 2 is 2.15 bits per heavy atom. The van der Waals surface area contributed by atoms with Crippen LogP contribution >= 0.6 is 0 Å². The maximum absolute atomic E-state index is 13.3. The average Bonchev–Trinajstić information content (AvgIpc) is 2.35. The molecule has 0 saturated carbocycles. The molecular weight excluding hydrogens is 257 g/mol. The van der Waals surface area contributed by atoms with Gasteiger partial charge < -0.3 is 10.6 Å². The van der Waals surface area contributed by atoms with Crippen molar-refractivity contribution in [3.63, 3.8) is 0 Å². The molecule has 1 rings (SSSR count). The summed E-state index contributed by atoms with van der Waals surface area (Å²) in [7, 11) is 0. The van der Waals surface area contributed by atoms with Gasteiger partial charge in [-0.25, -0.2) is 4.39 Å². The number of rotatable bonds is 7. The molecule has 0 aliphatic rings. The third-order valence-electron chi connectivity index (χ3n) is 3.21. The van der Waals surface area contributed by atoms with E-state index in [9.17, 15) is 9.18 Å². The maximum atomic E-state index is 13.3. The predicted molar refractivity (Wildman–Crippen MR) is 80.2 cm³/mol. The minimum Gasteiger partial charge on any atom is -0.369 e. The number of amides is 1. The molecule has 0 aliphatic carbocycles. The molecular formula is C15H24FN3O. The van der Waals surface area contributed by atoms with Crippen LogP contribution in [-0.4, -0.2) is 30.6 Å². The van der Waals surface area contributed by atoms with Crippen molar-refractivity contribution in [3.8, 4) is 0 Å². The number of halogens is 1. The fourth-order valence-electron chi connectivity index (χ4n) is 2.27. The topological polar surface area (TPSA) is 58.4 Å². The second kappa shape index (κ2) is 6.70. The molecule has 1 atom stereocenters. The lowest BCUT2D eigenvalue weighted by atomic mass is 9.99. The fraction of sp³-hybridized carbons (Fsp3) is 0.533. The Labute approximate surface area is 120 Å². The summed E-state index contributed by atoms with van der Waals surface area (Å²) in [4.78, 5) is 13.7. The van der Waals surface area contributed by atoms with Crippen LogP contribution < -0.4 is 16.0 Å². The molecule has 0 radical (unpaired) electrons.